The number of imide groups is 1. The number of anilines is 1. The van der Waals surface area contributed by atoms with E-state index in [2.05, 4.69) is 4.72 Å². The van der Waals surface area contributed by atoms with Gasteiger partial charge in [-0.1, -0.05) is 12.1 Å². The highest BCUT2D eigenvalue weighted by atomic mass is 32.2. The zero-order valence-corrected chi connectivity index (χ0v) is 16.0. The molecule has 0 radical (unpaired) electrons. The van der Waals surface area contributed by atoms with Gasteiger partial charge in [0, 0.05) is 5.69 Å². The Kier molecular flexibility index (Phi) is 6.37. The third-order valence-electron chi connectivity index (χ3n) is 3.60. The second-order valence-corrected chi connectivity index (χ2v) is 7.59. The smallest absolute Gasteiger partial charge is 0.338 e. The number of amides is 3. The van der Waals surface area contributed by atoms with E-state index in [1.165, 1.54) is 24.3 Å². The van der Waals surface area contributed by atoms with E-state index in [1.54, 1.807) is 31.3 Å². The molecule has 3 amide bonds. The number of primary amides is 1. The second kappa shape index (κ2) is 8.53. The third kappa shape index (κ3) is 5.55. The van der Waals surface area contributed by atoms with E-state index in [-0.39, 0.29) is 16.1 Å². The summed E-state index contributed by atoms with van der Waals surface area (Å²) >= 11 is 0. The van der Waals surface area contributed by atoms with E-state index in [9.17, 15) is 22.8 Å². The molecule has 0 heterocycles. The number of esters is 1. The molecule has 0 aliphatic rings. The van der Waals surface area contributed by atoms with Crippen molar-refractivity contribution in [3.63, 3.8) is 0 Å². The van der Waals surface area contributed by atoms with Gasteiger partial charge in [0.25, 0.3) is 15.9 Å². The molecule has 0 saturated carbocycles. The number of carbonyl (C=O) groups excluding carboxylic acids is 3. The van der Waals surface area contributed by atoms with Crippen LogP contribution in [-0.2, 0) is 19.6 Å². The van der Waals surface area contributed by atoms with Crippen LogP contribution in [0.25, 0.3) is 0 Å². The van der Waals surface area contributed by atoms with Crippen molar-refractivity contribution in [1.29, 1.82) is 0 Å². The van der Waals surface area contributed by atoms with Crippen molar-refractivity contribution in [3.05, 3.63) is 59.2 Å². The van der Waals surface area contributed by atoms with Crippen LogP contribution in [-0.4, -0.2) is 32.9 Å². The fourth-order valence-corrected chi connectivity index (χ4v) is 3.66. The molecule has 28 heavy (non-hydrogen) atoms. The summed E-state index contributed by atoms with van der Waals surface area (Å²) in [5.74, 6) is -1.68. The number of hydrogen-bond donors (Lipinski definition) is 3. The highest BCUT2D eigenvalue weighted by Crippen LogP contribution is 2.21. The highest BCUT2D eigenvalue weighted by molar-refractivity contribution is 7.92. The molecule has 9 nitrogen and oxygen atoms in total. The van der Waals surface area contributed by atoms with Crippen molar-refractivity contribution in [2.24, 2.45) is 5.73 Å². The number of benzene rings is 2. The van der Waals surface area contributed by atoms with Crippen molar-refractivity contribution < 1.29 is 27.5 Å². The number of rotatable bonds is 6. The van der Waals surface area contributed by atoms with Crippen LogP contribution >= 0.6 is 0 Å². The van der Waals surface area contributed by atoms with E-state index >= 15 is 0 Å². The first kappa shape index (κ1) is 20.9. The fraction of sp³-hybridized carbons (Fsp3) is 0.167. The van der Waals surface area contributed by atoms with E-state index in [1.807, 2.05) is 6.07 Å². The first-order valence-electron chi connectivity index (χ1n) is 8.05. The molecule has 0 spiro atoms. The predicted molar refractivity (Wildman–Crippen MR) is 101 cm³/mol. The molecule has 2 aromatic rings. The summed E-state index contributed by atoms with van der Waals surface area (Å²) in [6, 6.07) is 9.52. The molecule has 0 saturated heterocycles. The monoisotopic (exact) mass is 405 g/mol. The number of carbonyl (C=O) groups is 3. The first-order valence-corrected chi connectivity index (χ1v) is 9.53. The molecule has 0 aliphatic heterocycles. The van der Waals surface area contributed by atoms with Crippen molar-refractivity contribution in [2.75, 3.05) is 11.3 Å². The van der Waals surface area contributed by atoms with E-state index in [0.717, 1.165) is 5.56 Å². The molecule has 0 aromatic heterocycles. The van der Waals surface area contributed by atoms with Gasteiger partial charge in [-0.05, 0) is 55.3 Å². The Bertz CT molecular complexity index is 1020. The average molecular weight is 405 g/mol. The maximum absolute atomic E-state index is 12.6. The number of ether oxygens (including phenoxy) is 1. The molecule has 2 aromatic carbocycles. The van der Waals surface area contributed by atoms with Crippen LogP contribution in [0.1, 0.15) is 21.5 Å². The fourth-order valence-electron chi connectivity index (χ4n) is 2.27. The molecule has 148 valence electrons. The van der Waals surface area contributed by atoms with Gasteiger partial charge in [-0.15, -0.1) is 0 Å². The molecule has 10 heteroatoms. The normalized spacial score (nSPS) is 10.8. The van der Waals surface area contributed by atoms with Gasteiger partial charge in [-0.2, -0.15) is 0 Å². The Hall–Kier alpha value is -3.40. The van der Waals surface area contributed by atoms with Crippen molar-refractivity contribution in [3.8, 4) is 0 Å². The highest BCUT2D eigenvalue weighted by Gasteiger charge is 2.18. The summed E-state index contributed by atoms with van der Waals surface area (Å²) in [4.78, 5) is 33.8. The van der Waals surface area contributed by atoms with Gasteiger partial charge in [0.05, 0.1) is 10.5 Å². The van der Waals surface area contributed by atoms with E-state index in [4.69, 9.17) is 10.5 Å². The maximum Gasteiger partial charge on any atom is 0.338 e. The standard InChI is InChI=1S/C18H19N3O6S/c1-11-3-4-12(2)15(9-11)28(25,26)21-14-7-5-13(6-8-14)17(23)27-10-16(22)20-18(19)24/h3-9,21H,10H2,1-2H3,(H3,19,20,22,24). The van der Waals surface area contributed by atoms with Gasteiger partial charge in [0.1, 0.15) is 0 Å². The van der Waals surface area contributed by atoms with E-state index < -0.39 is 34.5 Å². The molecule has 0 bridgehead atoms. The average Bonchev–Trinajstić information content (AvgIpc) is 2.61. The number of nitrogens with one attached hydrogen (secondary N) is 2. The number of urea groups is 1. The third-order valence-corrected chi connectivity index (χ3v) is 5.13. The Morgan fingerprint density at radius 2 is 1.68 bits per heavy atom. The summed E-state index contributed by atoms with van der Waals surface area (Å²) < 4.78 is 32.3. The zero-order chi connectivity index (χ0) is 20.9. The first-order chi connectivity index (χ1) is 13.1. The van der Waals surface area contributed by atoms with Crippen LogP contribution in [0.4, 0.5) is 10.5 Å². The van der Waals surface area contributed by atoms with Crippen LogP contribution in [0.15, 0.2) is 47.4 Å². The van der Waals surface area contributed by atoms with Crippen molar-refractivity contribution in [2.45, 2.75) is 18.7 Å². The van der Waals surface area contributed by atoms with Gasteiger partial charge in [0.2, 0.25) is 0 Å². The Labute approximate surface area is 161 Å². The molecule has 0 aliphatic carbocycles. The minimum absolute atomic E-state index is 0.0987. The Morgan fingerprint density at radius 3 is 2.29 bits per heavy atom. The number of sulfonamides is 1. The molecule has 0 unspecified atom stereocenters. The van der Waals surface area contributed by atoms with Gasteiger partial charge in [-0.25, -0.2) is 18.0 Å². The lowest BCUT2D eigenvalue weighted by molar-refractivity contribution is -0.123. The molecular weight excluding hydrogens is 386 g/mol. The summed E-state index contributed by atoms with van der Waals surface area (Å²) in [7, 11) is -3.80. The SMILES string of the molecule is Cc1ccc(C)c(S(=O)(=O)Nc2ccc(C(=O)OCC(=O)NC(N)=O)cc2)c1. The molecule has 4 N–H and O–H groups in total. The summed E-state index contributed by atoms with van der Waals surface area (Å²) in [5.41, 5.74) is 6.54. The number of hydrogen-bond acceptors (Lipinski definition) is 6. The maximum atomic E-state index is 12.6. The largest absolute Gasteiger partial charge is 0.452 e. The van der Waals surface area contributed by atoms with Crippen LogP contribution in [0.5, 0.6) is 0 Å². The number of nitrogens with two attached hydrogens (primary N) is 1. The topological polar surface area (TPSA) is 145 Å². The van der Waals surface area contributed by atoms with Gasteiger partial charge in [0.15, 0.2) is 6.61 Å². The lowest BCUT2D eigenvalue weighted by atomic mass is 10.2. The summed E-state index contributed by atoms with van der Waals surface area (Å²) in [5, 5.41) is 1.75. The van der Waals surface area contributed by atoms with Gasteiger partial charge >= 0.3 is 12.0 Å². The van der Waals surface area contributed by atoms with Gasteiger partial charge < -0.3 is 10.5 Å². The summed E-state index contributed by atoms with van der Waals surface area (Å²) in [6.07, 6.45) is 0. The molecule has 0 fully saturated rings. The lowest BCUT2D eigenvalue weighted by Crippen LogP contribution is -2.37. The minimum atomic E-state index is -3.80. The Morgan fingerprint density at radius 1 is 1.04 bits per heavy atom. The van der Waals surface area contributed by atoms with E-state index in [0.29, 0.717) is 5.56 Å². The zero-order valence-electron chi connectivity index (χ0n) is 15.2. The van der Waals surface area contributed by atoms with Crippen LogP contribution in [0.2, 0.25) is 0 Å². The molecular formula is C18H19N3O6S. The lowest BCUT2D eigenvalue weighted by Gasteiger charge is -2.11. The quantitative estimate of drug-likeness (QED) is 0.621. The van der Waals surface area contributed by atoms with Crippen LogP contribution in [0, 0.1) is 13.8 Å². The number of aryl methyl sites for hydroxylation is 2. The van der Waals surface area contributed by atoms with Crippen molar-refractivity contribution >= 4 is 33.6 Å². The summed E-state index contributed by atoms with van der Waals surface area (Å²) in [6.45, 7) is 2.81. The molecule has 2 rings (SSSR count). The second-order valence-electron chi connectivity index (χ2n) is 5.94. The van der Waals surface area contributed by atoms with Gasteiger partial charge in [-0.3, -0.25) is 14.8 Å². The van der Waals surface area contributed by atoms with Crippen molar-refractivity contribution in [1.82, 2.24) is 5.32 Å². The Balaban J connectivity index is 2.06. The molecule has 0 atom stereocenters. The predicted octanol–water partition coefficient (Wildman–Crippen LogP) is 1.46. The van der Waals surface area contributed by atoms with Crippen LogP contribution in [0.3, 0.4) is 0 Å². The van der Waals surface area contributed by atoms with Crippen LogP contribution < -0.4 is 15.8 Å². The minimum Gasteiger partial charge on any atom is -0.452 e.